The highest BCUT2D eigenvalue weighted by Gasteiger charge is 2.18. The van der Waals surface area contributed by atoms with Gasteiger partial charge in [-0.25, -0.2) is 13.4 Å². The Bertz CT molecular complexity index is 1160. The average molecular weight is 389 g/mol. The minimum atomic E-state index is -3.23. The van der Waals surface area contributed by atoms with Crippen LogP contribution in [0.15, 0.2) is 65.7 Å². The van der Waals surface area contributed by atoms with Crippen LogP contribution in [0.25, 0.3) is 27.5 Å². The van der Waals surface area contributed by atoms with Gasteiger partial charge in [-0.1, -0.05) is 65.4 Å². The van der Waals surface area contributed by atoms with E-state index in [4.69, 9.17) is 16.6 Å². The smallest absolute Gasteiger partial charge is 0.196 e. The molecule has 0 aliphatic carbocycles. The quantitative estimate of drug-likeness (QED) is 0.507. The van der Waals surface area contributed by atoms with Crippen molar-refractivity contribution in [3.63, 3.8) is 0 Å². The van der Waals surface area contributed by atoms with E-state index in [-0.39, 0.29) is 0 Å². The molecule has 2 aromatic carbocycles. The third-order valence-corrected chi connectivity index (χ3v) is 6.13. The van der Waals surface area contributed by atoms with E-state index in [9.17, 15) is 8.42 Å². The summed E-state index contributed by atoms with van der Waals surface area (Å²) in [5.74, 6) is 0. The van der Waals surface area contributed by atoms with Crippen LogP contribution in [0.3, 0.4) is 0 Å². The largest absolute Gasteiger partial charge is 0.288 e. The van der Waals surface area contributed by atoms with Crippen molar-refractivity contribution in [3.8, 4) is 22.5 Å². The molecule has 0 saturated carbocycles. The van der Waals surface area contributed by atoms with Crippen LogP contribution in [-0.4, -0.2) is 24.1 Å². The second-order valence-corrected chi connectivity index (χ2v) is 9.32. The Morgan fingerprint density at radius 3 is 2.32 bits per heavy atom. The Morgan fingerprint density at radius 1 is 1.00 bits per heavy atom. The molecule has 0 radical (unpaired) electrons. The number of halogens is 1. The number of nitrogens with zero attached hydrogens (tertiary/aromatic N) is 2. The van der Waals surface area contributed by atoms with Crippen LogP contribution in [0, 0.1) is 0 Å². The first-order valence-electron chi connectivity index (χ1n) is 7.47. The van der Waals surface area contributed by atoms with E-state index in [1.54, 1.807) is 24.3 Å². The molecule has 0 N–H and O–H groups in total. The SMILES string of the molecule is CS(=O)(=O)c1ccc(-c2c(-c3ccccc3)nc3sc(Cl)cn23)cc1. The van der Waals surface area contributed by atoms with Gasteiger partial charge in [0.25, 0.3) is 0 Å². The van der Waals surface area contributed by atoms with Gasteiger partial charge in [0.05, 0.1) is 16.3 Å². The Labute approximate surface area is 154 Å². The summed E-state index contributed by atoms with van der Waals surface area (Å²) >= 11 is 7.55. The number of sulfone groups is 1. The molecule has 0 fully saturated rings. The van der Waals surface area contributed by atoms with Crippen LogP contribution >= 0.6 is 22.9 Å². The zero-order valence-electron chi connectivity index (χ0n) is 13.2. The molecule has 0 spiro atoms. The summed E-state index contributed by atoms with van der Waals surface area (Å²) in [6, 6.07) is 16.7. The molecule has 2 heterocycles. The molecule has 0 saturated heterocycles. The van der Waals surface area contributed by atoms with Crippen LogP contribution in [0.2, 0.25) is 4.34 Å². The number of rotatable bonds is 3. The van der Waals surface area contributed by atoms with E-state index < -0.39 is 9.84 Å². The molecule has 2 aromatic heterocycles. The lowest BCUT2D eigenvalue weighted by atomic mass is 10.1. The minimum absolute atomic E-state index is 0.293. The van der Waals surface area contributed by atoms with E-state index in [1.807, 2.05) is 40.9 Å². The zero-order valence-corrected chi connectivity index (χ0v) is 15.6. The fraction of sp³-hybridized carbons (Fsp3) is 0.0556. The fourth-order valence-electron chi connectivity index (χ4n) is 2.75. The van der Waals surface area contributed by atoms with Crippen molar-refractivity contribution in [1.29, 1.82) is 0 Å². The first-order chi connectivity index (χ1) is 11.9. The van der Waals surface area contributed by atoms with Crippen molar-refractivity contribution in [3.05, 3.63) is 65.1 Å². The first kappa shape index (κ1) is 16.3. The van der Waals surface area contributed by atoms with Gasteiger partial charge in [-0.3, -0.25) is 4.40 Å². The molecule has 0 atom stereocenters. The summed E-state index contributed by atoms with van der Waals surface area (Å²) in [4.78, 5) is 5.82. The molecule has 4 rings (SSSR count). The predicted molar refractivity (Wildman–Crippen MR) is 102 cm³/mol. The standard InChI is InChI=1S/C18H13ClN2O2S2/c1-25(22,23)14-9-7-13(8-10-14)17-16(12-5-3-2-4-6-12)20-18-21(17)11-15(19)24-18/h2-11H,1H3. The lowest BCUT2D eigenvalue weighted by Crippen LogP contribution is -1.96. The van der Waals surface area contributed by atoms with Crippen molar-refractivity contribution in [2.24, 2.45) is 0 Å². The van der Waals surface area contributed by atoms with Gasteiger partial charge in [-0.2, -0.15) is 0 Å². The van der Waals surface area contributed by atoms with Crippen molar-refractivity contribution in [2.75, 3.05) is 6.26 Å². The number of benzene rings is 2. The van der Waals surface area contributed by atoms with Gasteiger partial charge < -0.3 is 0 Å². The van der Waals surface area contributed by atoms with E-state index in [0.29, 0.717) is 9.23 Å². The molecule has 4 aromatic rings. The van der Waals surface area contributed by atoms with Gasteiger partial charge in [-0.15, -0.1) is 0 Å². The number of hydrogen-bond acceptors (Lipinski definition) is 4. The predicted octanol–water partition coefficient (Wildman–Crippen LogP) is 4.79. The van der Waals surface area contributed by atoms with Gasteiger partial charge in [0.15, 0.2) is 14.8 Å². The molecule has 0 amide bonds. The van der Waals surface area contributed by atoms with E-state index in [1.165, 1.54) is 17.6 Å². The number of fused-ring (bicyclic) bond motifs is 1. The maximum Gasteiger partial charge on any atom is 0.196 e. The monoisotopic (exact) mass is 388 g/mol. The zero-order chi connectivity index (χ0) is 17.6. The maximum atomic E-state index is 11.7. The second-order valence-electron chi connectivity index (χ2n) is 5.66. The highest BCUT2D eigenvalue weighted by molar-refractivity contribution is 7.90. The van der Waals surface area contributed by atoms with E-state index in [2.05, 4.69) is 0 Å². The highest BCUT2D eigenvalue weighted by atomic mass is 35.5. The van der Waals surface area contributed by atoms with E-state index >= 15 is 0 Å². The third kappa shape index (κ3) is 2.97. The summed E-state index contributed by atoms with van der Waals surface area (Å²) in [5.41, 5.74) is 3.62. The Kier molecular flexibility index (Phi) is 3.91. The van der Waals surface area contributed by atoms with Gasteiger partial charge in [0, 0.05) is 23.6 Å². The normalized spacial score (nSPS) is 11.9. The summed E-state index contributed by atoms with van der Waals surface area (Å²) in [6.45, 7) is 0. The Morgan fingerprint density at radius 2 is 1.68 bits per heavy atom. The van der Waals surface area contributed by atoms with Crippen LogP contribution in [0.5, 0.6) is 0 Å². The molecule has 0 unspecified atom stereocenters. The minimum Gasteiger partial charge on any atom is -0.288 e. The first-order valence-corrected chi connectivity index (χ1v) is 10.6. The van der Waals surface area contributed by atoms with Crippen molar-refractivity contribution < 1.29 is 8.42 Å². The maximum absolute atomic E-state index is 11.7. The molecule has 126 valence electrons. The van der Waals surface area contributed by atoms with E-state index in [0.717, 1.165) is 27.5 Å². The molecule has 7 heteroatoms. The van der Waals surface area contributed by atoms with Crippen LogP contribution in [-0.2, 0) is 9.84 Å². The molecule has 0 bridgehead atoms. The fourth-order valence-corrected chi connectivity index (χ4v) is 4.40. The van der Waals surface area contributed by atoms with Crippen LogP contribution < -0.4 is 0 Å². The van der Waals surface area contributed by atoms with Crippen LogP contribution in [0.4, 0.5) is 0 Å². The molecule has 0 aliphatic rings. The summed E-state index contributed by atoms with van der Waals surface area (Å²) in [6.07, 6.45) is 3.04. The molecule has 25 heavy (non-hydrogen) atoms. The van der Waals surface area contributed by atoms with Gasteiger partial charge >= 0.3 is 0 Å². The summed E-state index contributed by atoms with van der Waals surface area (Å²) < 4.78 is 26.0. The number of aromatic nitrogens is 2. The summed E-state index contributed by atoms with van der Waals surface area (Å²) in [5, 5.41) is 0. The Balaban J connectivity index is 1.96. The number of hydrogen-bond donors (Lipinski definition) is 0. The van der Waals surface area contributed by atoms with Gasteiger partial charge in [0.2, 0.25) is 0 Å². The Hall–Kier alpha value is -2.15. The van der Waals surface area contributed by atoms with Crippen LogP contribution in [0.1, 0.15) is 0 Å². The lowest BCUT2D eigenvalue weighted by molar-refractivity contribution is 0.602. The molecule has 4 nitrogen and oxygen atoms in total. The topological polar surface area (TPSA) is 51.4 Å². The second kappa shape index (κ2) is 5.98. The molecular weight excluding hydrogens is 376 g/mol. The molecule has 0 aliphatic heterocycles. The number of imidazole rings is 1. The van der Waals surface area contributed by atoms with Crippen molar-refractivity contribution in [2.45, 2.75) is 4.90 Å². The van der Waals surface area contributed by atoms with Crippen molar-refractivity contribution in [1.82, 2.24) is 9.38 Å². The number of thiazole rings is 1. The summed E-state index contributed by atoms with van der Waals surface area (Å²) in [7, 11) is -3.23. The van der Waals surface area contributed by atoms with Gasteiger partial charge in [-0.05, 0) is 12.1 Å². The highest BCUT2D eigenvalue weighted by Crippen LogP contribution is 2.36. The van der Waals surface area contributed by atoms with Crippen molar-refractivity contribution >= 4 is 37.7 Å². The lowest BCUT2D eigenvalue weighted by Gasteiger charge is -2.06. The molecular formula is C18H13ClN2O2S2. The average Bonchev–Trinajstić information content (AvgIpc) is 3.11. The van der Waals surface area contributed by atoms with Gasteiger partial charge in [0.1, 0.15) is 4.34 Å². The third-order valence-electron chi connectivity index (χ3n) is 3.90.